The first-order chi connectivity index (χ1) is 14.6. The number of carbonyl (C=O) groups is 1. The van der Waals surface area contributed by atoms with Crippen molar-refractivity contribution in [2.45, 2.75) is 12.8 Å². The molecule has 1 aromatic heterocycles. The molecule has 0 bridgehead atoms. The fourth-order valence-corrected chi connectivity index (χ4v) is 3.89. The molecule has 156 valence electrons. The van der Waals surface area contributed by atoms with Crippen molar-refractivity contribution in [1.82, 2.24) is 14.9 Å². The number of rotatable bonds is 8. The zero-order chi connectivity index (χ0) is 20.9. The van der Waals surface area contributed by atoms with Gasteiger partial charge >= 0.3 is 0 Å². The highest BCUT2D eigenvalue weighted by Crippen LogP contribution is 2.35. The minimum Gasteiger partial charge on any atom is -0.493 e. The molecule has 1 fully saturated rings. The Bertz CT molecular complexity index is 1060. The van der Waals surface area contributed by atoms with E-state index in [4.69, 9.17) is 9.47 Å². The van der Waals surface area contributed by atoms with Gasteiger partial charge in [0.15, 0.2) is 11.5 Å². The average Bonchev–Trinajstić information content (AvgIpc) is 3.16. The number of ether oxygens (including phenoxy) is 2. The summed E-state index contributed by atoms with van der Waals surface area (Å²) in [7, 11) is 1.62. The highest BCUT2D eigenvalue weighted by Gasteiger charge is 2.18. The number of hydrogen-bond donors (Lipinski definition) is 1. The molecule has 1 aliphatic rings. The summed E-state index contributed by atoms with van der Waals surface area (Å²) >= 11 is 3.49. The van der Waals surface area contributed by atoms with E-state index in [9.17, 15) is 4.79 Å². The lowest BCUT2D eigenvalue weighted by atomic mass is 10.2. The predicted octanol–water partition coefficient (Wildman–Crippen LogP) is 4.19. The fraction of sp³-hybridized carbons (Fsp3) is 0.318. The van der Waals surface area contributed by atoms with E-state index >= 15 is 0 Å². The number of halogens is 1. The Morgan fingerprint density at radius 2 is 2.10 bits per heavy atom. The Morgan fingerprint density at radius 1 is 1.20 bits per heavy atom. The Morgan fingerprint density at radius 3 is 2.87 bits per heavy atom. The molecule has 30 heavy (non-hydrogen) atoms. The van der Waals surface area contributed by atoms with Crippen LogP contribution in [0.4, 0.5) is 11.5 Å². The van der Waals surface area contributed by atoms with Crippen LogP contribution in [0.1, 0.15) is 12.8 Å². The maximum atomic E-state index is 11.4. The summed E-state index contributed by atoms with van der Waals surface area (Å²) in [5.41, 5.74) is 1.69. The average molecular weight is 471 g/mol. The van der Waals surface area contributed by atoms with Crippen LogP contribution in [-0.2, 0) is 4.79 Å². The molecule has 1 aliphatic heterocycles. The number of likely N-dealkylation sites (tertiary alicyclic amines) is 1. The Balaban J connectivity index is 1.51. The van der Waals surface area contributed by atoms with Gasteiger partial charge in [0.2, 0.25) is 0 Å². The second-order valence-corrected chi connectivity index (χ2v) is 8.06. The fourth-order valence-electron chi connectivity index (χ4n) is 3.49. The van der Waals surface area contributed by atoms with Crippen LogP contribution in [0, 0.1) is 0 Å². The number of ketones is 1. The van der Waals surface area contributed by atoms with Gasteiger partial charge in [0.1, 0.15) is 17.9 Å². The molecule has 1 N–H and O–H groups in total. The molecule has 0 saturated carbocycles. The lowest BCUT2D eigenvalue weighted by molar-refractivity contribution is -0.116. The number of aromatic nitrogens is 2. The molecule has 4 rings (SSSR count). The van der Waals surface area contributed by atoms with Crippen molar-refractivity contribution in [1.29, 1.82) is 0 Å². The van der Waals surface area contributed by atoms with Crippen molar-refractivity contribution in [3.05, 3.63) is 47.2 Å². The standard InChI is InChI=1S/C22H23BrN4O3/c1-29-20-12-19-18(11-21(20)30-9-3-7-27-8-6-17(28)13-27)22(25-14-24-19)26-16-5-2-4-15(23)10-16/h2,4-5,10-12,14H,3,6-9,13H2,1H3,(H,24,25,26). The van der Waals surface area contributed by atoms with Crippen LogP contribution in [0.5, 0.6) is 11.5 Å². The third kappa shape index (κ3) is 4.88. The highest BCUT2D eigenvalue weighted by atomic mass is 79.9. The van der Waals surface area contributed by atoms with Gasteiger partial charge in [-0.15, -0.1) is 0 Å². The monoisotopic (exact) mass is 470 g/mol. The summed E-state index contributed by atoms with van der Waals surface area (Å²) in [6, 6.07) is 11.7. The maximum Gasteiger partial charge on any atom is 0.162 e. The molecule has 7 nitrogen and oxygen atoms in total. The molecule has 0 radical (unpaired) electrons. The molecule has 0 aliphatic carbocycles. The van der Waals surface area contributed by atoms with E-state index in [1.54, 1.807) is 7.11 Å². The van der Waals surface area contributed by atoms with Crippen LogP contribution < -0.4 is 14.8 Å². The van der Waals surface area contributed by atoms with Crippen molar-refractivity contribution in [3.63, 3.8) is 0 Å². The molecule has 0 atom stereocenters. The van der Waals surface area contributed by atoms with Gasteiger partial charge in [-0.25, -0.2) is 9.97 Å². The van der Waals surface area contributed by atoms with Crippen molar-refractivity contribution in [3.8, 4) is 11.5 Å². The minimum absolute atomic E-state index is 0.317. The summed E-state index contributed by atoms with van der Waals surface area (Å²) in [6.45, 7) is 2.79. The van der Waals surface area contributed by atoms with Gasteiger partial charge < -0.3 is 14.8 Å². The normalized spacial score (nSPS) is 14.3. The smallest absolute Gasteiger partial charge is 0.162 e. The van der Waals surface area contributed by atoms with E-state index in [2.05, 4.69) is 36.1 Å². The number of fused-ring (bicyclic) bond motifs is 1. The van der Waals surface area contributed by atoms with E-state index in [-0.39, 0.29) is 0 Å². The third-order valence-corrected chi connectivity index (χ3v) is 5.48. The van der Waals surface area contributed by atoms with Crippen molar-refractivity contribution >= 4 is 44.1 Å². The Labute approximate surface area is 183 Å². The highest BCUT2D eigenvalue weighted by molar-refractivity contribution is 9.10. The molecule has 0 amide bonds. The number of Topliss-reactive ketones (excluding diaryl/α,β-unsaturated/α-hetero) is 1. The van der Waals surface area contributed by atoms with Crippen molar-refractivity contribution in [2.75, 3.05) is 38.7 Å². The lowest BCUT2D eigenvalue weighted by Crippen LogP contribution is -2.23. The number of nitrogens with zero attached hydrogens (tertiary/aromatic N) is 3. The van der Waals surface area contributed by atoms with Crippen LogP contribution in [0.25, 0.3) is 10.9 Å². The van der Waals surface area contributed by atoms with Gasteiger partial charge in [-0.05, 0) is 30.7 Å². The zero-order valence-corrected chi connectivity index (χ0v) is 18.3. The van der Waals surface area contributed by atoms with Crippen LogP contribution in [0.15, 0.2) is 47.2 Å². The topological polar surface area (TPSA) is 76.6 Å². The first kappa shape index (κ1) is 20.6. The number of anilines is 2. The third-order valence-electron chi connectivity index (χ3n) is 4.99. The zero-order valence-electron chi connectivity index (χ0n) is 16.7. The van der Waals surface area contributed by atoms with Crippen LogP contribution in [-0.4, -0.2) is 54.0 Å². The van der Waals surface area contributed by atoms with Crippen LogP contribution in [0.2, 0.25) is 0 Å². The van der Waals surface area contributed by atoms with Gasteiger partial charge in [-0.3, -0.25) is 9.69 Å². The first-order valence-corrected chi connectivity index (χ1v) is 10.6. The molecular formula is C22H23BrN4O3. The number of nitrogens with one attached hydrogen (secondary N) is 1. The number of carbonyl (C=O) groups excluding carboxylic acids is 1. The summed E-state index contributed by atoms with van der Waals surface area (Å²) in [6.07, 6.45) is 3.02. The van der Waals surface area contributed by atoms with E-state index in [1.807, 2.05) is 36.4 Å². The summed E-state index contributed by atoms with van der Waals surface area (Å²) < 4.78 is 12.5. The van der Waals surface area contributed by atoms with Crippen LogP contribution >= 0.6 is 15.9 Å². The van der Waals surface area contributed by atoms with Gasteiger partial charge in [-0.2, -0.15) is 0 Å². The quantitative estimate of drug-likeness (QED) is 0.494. The van der Waals surface area contributed by atoms with E-state index in [0.29, 0.717) is 42.7 Å². The summed E-state index contributed by atoms with van der Waals surface area (Å²) in [5.74, 6) is 2.29. The van der Waals surface area contributed by atoms with E-state index < -0.39 is 0 Å². The molecule has 1 saturated heterocycles. The Hall–Kier alpha value is -2.71. The van der Waals surface area contributed by atoms with Crippen molar-refractivity contribution < 1.29 is 14.3 Å². The second-order valence-electron chi connectivity index (χ2n) is 7.14. The minimum atomic E-state index is 0.317. The second kappa shape index (κ2) is 9.40. The first-order valence-electron chi connectivity index (χ1n) is 9.84. The molecule has 0 unspecified atom stereocenters. The van der Waals surface area contributed by atoms with Crippen molar-refractivity contribution in [2.24, 2.45) is 0 Å². The van der Waals surface area contributed by atoms with Gasteiger partial charge in [-0.1, -0.05) is 22.0 Å². The van der Waals surface area contributed by atoms with Crippen LogP contribution in [0.3, 0.4) is 0 Å². The molecule has 2 aromatic carbocycles. The predicted molar refractivity (Wildman–Crippen MR) is 120 cm³/mol. The lowest BCUT2D eigenvalue weighted by Gasteiger charge is -2.16. The summed E-state index contributed by atoms with van der Waals surface area (Å²) in [4.78, 5) is 22.3. The molecular weight excluding hydrogens is 448 g/mol. The van der Waals surface area contributed by atoms with E-state index in [0.717, 1.165) is 40.6 Å². The largest absolute Gasteiger partial charge is 0.493 e. The summed E-state index contributed by atoms with van der Waals surface area (Å²) in [5, 5.41) is 4.19. The van der Waals surface area contributed by atoms with Gasteiger partial charge in [0, 0.05) is 41.1 Å². The van der Waals surface area contributed by atoms with Gasteiger partial charge in [0.05, 0.1) is 25.8 Å². The number of hydrogen-bond acceptors (Lipinski definition) is 7. The molecule has 0 spiro atoms. The van der Waals surface area contributed by atoms with Gasteiger partial charge in [0.25, 0.3) is 0 Å². The Kier molecular flexibility index (Phi) is 6.44. The maximum absolute atomic E-state index is 11.4. The van der Waals surface area contributed by atoms with E-state index in [1.165, 1.54) is 6.33 Å². The number of methoxy groups -OCH3 is 1. The molecule has 2 heterocycles. The SMILES string of the molecule is COc1cc2ncnc(Nc3cccc(Br)c3)c2cc1OCCCN1CCC(=O)C1. The molecule has 8 heteroatoms. The number of benzene rings is 2. The molecule has 3 aromatic rings.